The molecule has 5 nitrogen and oxygen atoms in total. The molecule has 1 heterocycles. The monoisotopic (exact) mass is 374 g/mol. The number of rotatable bonds is 4. The van der Waals surface area contributed by atoms with Gasteiger partial charge in [-0.05, 0) is 35.4 Å². The summed E-state index contributed by atoms with van der Waals surface area (Å²) in [5.74, 6) is 0.443. The summed E-state index contributed by atoms with van der Waals surface area (Å²) in [6.07, 6.45) is -0.775. The SMILES string of the molecule is Nc1nc(N)c2c(Sc3ccccc3)cc(C(O)c3ccccc3)cc2n1. The Balaban J connectivity index is 1.88. The fraction of sp³-hybridized carbons (Fsp3) is 0.0476. The summed E-state index contributed by atoms with van der Waals surface area (Å²) in [4.78, 5) is 10.4. The molecule has 0 spiro atoms. The van der Waals surface area contributed by atoms with Gasteiger partial charge in [-0.25, -0.2) is 4.98 Å². The van der Waals surface area contributed by atoms with Crippen LogP contribution < -0.4 is 11.5 Å². The lowest BCUT2D eigenvalue weighted by Crippen LogP contribution is -2.04. The van der Waals surface area contributed by atoms with Crippen molar-refractivity contribution in [2.24, 2.45) is 0 Å². The predicted molar refractivity (Wildman–Crippen MR) is 109 cm³/mol. The maximum Gasteiger partial charge on any atom is 0.222 e. The van der Waals surface area contributed by atoms with E-state index in [1.807, 2.05) is 72.8 Å². The standard InChI is InChI=1S/C21H18N4OS/c22-20-18-16(24-21(23)25-20)11-14(19(26)13-7-3-1-4-8-13)12-17(18)27-15-9-5-2-6-10-15/h1-12,19,26H,(H4,22,23,24,25). The summed E-state index contributed by atoms with van der Waals surface area (Å²) in [6, 6.07) is 23.2. The van der Waals surface area contributed by atoms with E-state index in [1.165, 1.54) is 0 Å². The Morgan fingerprint density at radius 1 is 0.815 bits per heavy atom. The molecule has 0 radical (unpaired) electrons. The van der Waals surface area contributed by atoms with Crippen LogP contribution in [0.25, 0.3) is 10.9 Å². The first-order chi connectivity index (χ1) is 13.1. The van der Waals surface area contributed by atoms with Crippen LogP contribution in [0.2, 0.25) is 0 Å². The summed E-state index contributed by atoms with van der Waals surface area (Å²) < 4.78 is 0. The van der Waals surface area contributed by atoms with Crippen molar-refractivity contribution in [3.05, 3.63) is 83.9 Å². The number of fused-ring (bicyclic) bond motifs is 1. The molecular weight excluding hydrogens is 356 g/mol. The first kappa shape index (κ1) is 17.3. The minimum absolute atomic E-state index is 0.113. The molecule has 0 aliphatic carbocycles. The second-order valence-corrected chi connectivity index (χ2v) is 7.22. The highest BCUT2D eigenvalue weighted by atomic mass is 32.2. The molecule has 134 valence electrons. The Labute approximate surface area is 161 Å². The van der Waals surface area contributed by atoms with Gasteiger partial charge in [0.1, 0.15) is 11.9 Å². The number of anilines is 2. The molecule has 4 rings (SSSR count). The summed E-state index contributed by atoms with van der Waals surface area (Å²) in [5, 5.41) is 11.6. The third kappa shape index (κ3) is 3.58. The first-order valence-corrected chi connectivity index (χ1v) is 9.26. The van der Waals surface area contributed by atoms with E-state index in [9.17, 15) is 5.11 Å². The van der Waals surface area contributed by atoms with Crippen molar-refractivity contribution in [3.8, 4) is 0 Å². The molecule has 27 heavy (non-hydrogen) atoms. The number of benzene rings is 3. The van der Waals surface area contributed by atoms with Crippen molar-refractivity contribution in [2.45, 2.75) is 15.9 Å². The van der Waals surface area contributed by atoms with Crippen LogP contribution in [-0.4, -0.2) is 15.1 Å². The van der Waals surface area contributed by atoms with Crippen LogP contribution >= 0.6 is 11.8 Å². The average molecular weight is 374 g/mol. The van der Waals surface area contributed by atoms with Crippen molar-refractivity contribution in [1.29, 1.82) is 0 Å². The van der Waals surface area contributed by atoms with E-state index < -0.39 is 6.10 Å². The highest BCUT2D eigenvalue weighted by Crippen LogP contribution is 2.38. The van der Waals surface area contributed by atoms with Gasteiger partial charge in [0.2, 0.25) is 5.95 Å². The topological polar surface area (TPSA) is 98.0 Å². The highest BCUT2D eigenvalue weighted by Gasteiger charge is 2.17. The van der Waals surface area contributed by atoms with Crippen molar-refractivity contribution >= 4 is 34.4 Å². The number of nitrogen functional groups attached to an aromatic ring is 2. The molecule has 1 unspecified atom stereocenters. The Hall–Kier alpha value is -3.09. The minimum atomic E-state index is -0.775. The number of aliphatic hydroxyl groups excluding tert-OH is 1. The molecular formula is C21H18N4OS. The molecule has 6 heteroatoms. The number of hydrogen-bond acceptors (Lipinski definition) is 6. The molecule has 4 aromatic rings. The molecule has 1 atom stereocenters. The smallest absolute Gasteiger partial charge is 0.222 e. The lowest BCUT2D eigenvalue weighted by atomic mass is 10.0. The van der Waals surface area contributed by atoms with Crippen molar-refractivity contribution < 1.29 is 5.11 Å². The molecule has 1 aromatic heterocycles. The third-order valence-corrected chi connectivity index (χ3v) is 5.28. The van der Waals surface area contributed by atoms with Gasteiger partial charge in [-0.3, -0.25) is 0 Å². The molecule has 0 saturated heterocycles. The zero-order chi connectivity index (χ0) is 18.8. The van der Waals surface area contributed by atoms with Crippen molar-refractivity contribution in [2.75, 3.05) is 11.5 Å². The van der Waals surface area contributed by atoms with Gasteiger partial charge in [-0.2, -0.15) is 4.98 Å². The Bertz CT molecular complexity index is 1090. The van der Waals surface area contributed by atoms with Crippen molar-refractivity contribution in [1.82, 2.24) is 9.97 Å². The minimum Gasteiger partial charge on any atom is -0.384 e. The molecule has 0 aliphatic rings. The van der Waals surface area contributed by atoms with Gasteiger partial charge in [0, 0.05) is 9.79 Å². The van der Waals surface area contributed by atoms with Crippen LogP contribution in [0.5, 0.6) is 0 Å². The summed E-state index contributed by atoms with van der Waals surface area (Å²) in [5.41, 5.74) is 14.1. The van der Waals surface area contributed by atoms with Gasteiger partial charge >= 0.3 is 0 Å². The highest BCUT2D eigenvalue weighted by molar-refractivity contribution is 7.99. The lowest BCUT2D eigenvalue weighted by molar-refractivity contribution is 0.220. The van der Waals surface area contributed by atoms with E-state index in [1.54, 1.807) is 11.8 Å². The van der Waals surface area contributed by atoms with Crippen molar-refractivity contribution in [3.63, 3.8) is 0 Å². The Morgan fingerprint density at radius 3 is 2.19 bits per heavy atom. The van der Waals surface area contributed by atoms with Crippen LogP contribution in [0.4, 0.5) is 11.8 Å². The zero-order valence-corrected chi connectivity index (χ0v) is 15.2. The summed E-state index contributed by atoms with van der Waals surface area (Å²) in [7, 11) is 0. The largest absolute Gasteiger partial charge is 0.384 e. The van der Waals surface area contributed by atoms with Gasteiger partial charge in [-0.15, -0.1) is 0 Å². The van der Waals surface area contributed by atoms with Crippen LogP contribution in [-0.2, 0) is 0 Å². The number of aliphatic hydroxyl groups is 1. The predicted octanol–water partition coefficient (Wildman–Crippen LogP) is 4.03. The number of nitrogens with two attached hydrogens (primary N) is 2. The molecule has 0 aliphatic heterocycles. The lowest BCUT2D eigenvalue weighted by Gasteiger charge is -2.16. The summed E-state index contributed by atoms with van der Waals surface area (Å²) in [6.45, 7) is 0. The molecule has 3 aromatic carbocycles. The van der Waals surface area contributed by atoms with E-state index in [4.69, 9.17) is 11.5 Å². The molecule has 0 fully saturated rings. The van der Waals surface area contributed by atoms with E-state index in [2.05, 4.69) is 9.97 Å². The number of hydrogen-bond donors (Lipinski definition) is 3. The van der Waals surface area contributed by atoms with Gasteiger partial charge < -0.3 is 16.6 Å². The molecule has 0 amide bonds. The normalized spacial score (nSPS) is 12.2. The van der Waals surface area contributed by atoms with E-state index in [0.717, 1.165) is 26.3 Å². The first-order valence-electron chi connectivity index (χ1n) is 8.44. The molecule has 0 bridgehead atoms. The Kier molecular flexibility index (Phi) is 4.66. The van der Waals surface area contributed by atoms with E-state index in [0.29, 0.717) is 11.3 Å². The fourth-order valence-electron chi connectivity index (χ4n) is 2.98. The van der Waals surface area contributed by atoms with E-state index >= 15 is 0 Å². The fourth-order valence-corrected chi connectivity index (χ4v) is 4.03. The summed E-state index contributed by atoms with van der Waals surface area (Å²) >= 11 is 1.55. The van der Waals surface area contributed by atoms with E-state index in [-0.39, 0.29) is 5.95 Å². The molecule has 0 saturated carbocycles. The van der Waals surface area contributed by atoms with Crippen LogP contribution in [0.1, 0.15) is 17.2 Å². The maximum atomic E-state index is 10.9. The molecule has 5 N–H and O–H groups in total. The van der Waals surface area contributed by atoms with Gasteiger partial charge in [0.25, 0.3) is 0 Å². The average Bonchev–Trinajstić information content (AvgIpc) is 2.68. The number of aromatic nitrogens is 2. The van der Waals surface area contributed by atoms with Crippen LogP contribution in [0.3, 0.4) is 0 Å². The Morgan fingerprint density at radius 2 is 1.48 bits per heavy atom. The zero-order valence-electron chi connectivity index (χ0n) is 14.4. The van der Waals surface area contributed by atoms with Crippen LogP contribution in [0, 0.1) is 0 Å². The second-order valence-electron chi connectivity index (χ2n) is 6.11. The second kappa shape index (κ2) is 7.26. The van der Waals surface area contributed by atoms with Gasteiger partial charge in [0.15, 0.2) is 0 Å². The van der Waals surface area contributed by atoms with Gasteiger partial charge in [-0.1, -0.05) is 60.3 Å². The third-order valence-electron chi connectivity index (χ3n) is 4.23. The van der Waals surface area contributed by atoms with Gasteiger partial charge in [0.05, 0.1) is 10.9 Å². The quantitative estimate of drug-likeness (QED) is 0.499. The maximum absolute atomic E-state index is 10.9. The number of nitrogens with zero attached hydrogens (tertiary/aromatic N) is 2. The van der Waals surface area contributed by atoms with Crippen LogP contribution in [0.15, 0.2) is 82.6 Å².